The third-order valence-corrected chi connectivity index (χ3v) is 4.45. The van der Waals surface area contributed by atoms with Crippen molar-refractivity contribution >= 4 is 11.8 Å². The molecule has 2 nitrogen and oxygen atoms in total. The highest BCUT2D eigenvalue weighted by Gasteiger charge is 2.10. The molecule has 0 fully saturated rings. The summed E-state index contributed by atoms with van der Waals surface area (Å²) < 4.78 is 5.09. The first-order valence-corrected chi connectivity index (χ1v) is 8.77. The summed E-state index contributed by atoms with van der Waals surface area (Å²) in [4.78, 5) is 0. The maximum Gasteiger partial charge on any atom is 0.0587 e. The minimum Gasteiger partial charge on any atom is -0.383 e. The summed E-state index contributed by atoms with van der Waals surface area (Å²) in [6.45, 7) is 7.14. The number of methoxy groups -OCH3 is 1. The van der Waals surface area contributed by atoms with Gasteiger partial charge in [0.25, 0.3) is 0 Å². The molecule has 0 aliphatic heterocycles. The zero-order chi connectivity index (χ0) is 14.6. The third-order valence-electron chi connectivity index (χ3n) is 3.47. The van der Waals surface area contributed by atoms with Crippen LogP contribution in [0.5, 0.6) is 0 Å². The summed E-state index contributed by atoms with van der Waals surface area (Å²) in [5.41, 5.74) is 2.79. The summed E-state index contributed by atoms with van der Waals surface area (Å²) in [6.07, 6.45) is 2.55. The second-order valence-electron chi connectivity index (χ2n) is 5.14. The van der Waals surface area contributed by atoms with Crippen molar-refractivity contribution in [1.29, 1.82) is 0 Å². The van der Waals surface area contributed by atoms with Crippen molar-refractivity contribution < 1.29 is 4.74 Å². The number of benzene rings is 1. The Balaban J connectivity index is 2.47. The highest BCUT2D eigenvalue weighted by Crippen LogP contribution is 2.22. The molecule has 3 heteroatoms. The molecule has 0 radical (unpaired) electrons. The lowest BCUT2D eigenvalue weighted by atomic mass is 9.94. The Hall–Kier alpha value is -0.510. The van der Waals surface area contributed by atoms with E-state index in [1.54, 1.807) is 7.11 Å². The molecule has 1 aromatic carbocycles. The molecule has 0 bridgehead atoms. The van der Waals surface area contributed by atoms with Gasteiger partial charge < -0.3 is 10.1 Å². The van der Waals surface area contributed by atoms with E-state index in [1.807, 2.05) is 11.8 Å². The second kappa shape index (κ2) is 11.2. The predicted molar refractivity (Wildman–Crippen MR) is 90.9 cm³/mol. The van der Waals surface area contributed by atoms with Gasteiger partial charge in [0.1, 0.15) is 0 Å². The average Bonchev–Trinajstić information content (AvgIpc) is 2.47. The van der Waals surface area contributed by atoms with Crippen LogP contribution in [-0.2, 0) is 4.74 Å². The van der Waals surface area contributed by atoms with Crippen LogP contribution in [0.25, 0.3) is 0 Å². The van der Waals surface area contributed by atoms with Crippen molar-refractivity contribution in [2.75, 3.05) is 38.3 Å². The van der Waals surface area contributed by atoms with Crippen LogP contribution in [-0.4, -0.2) is 38.3 Å². The number of aryl methyl sites for hydroxylation is 1. The topological polar surface area (TPSA) is 21.3 Å². The number of hydrogen-bond acceptors (Lipinski definition) is 3. The number of rotatable bonds is 11. The quantitative estimate of drug-likeness (QED) is 0.627. The molecule has 20 heavy (non-hydrogen) atoms. The zero-order valence-electron chi connectivity index (χ0n) is 13.2. The molecular weight excluding hydrogens is 266 g/mol. The molecule has 0 amide bonds. The third kappa shape index (κ3) is 7.32. The summed E-state index contributed by atoms with van der Waals surface area (Å²) in [5.74, 6) is 3.11. The molecule has 0 aromatic heterocycles. The van der Waals surface area contributed by atoms with E-state index in [2.05, 4.69) is 43.4 Å². The minimum absolute atomic E-state index is 0.616. The van der Waals surface area contributed by atoms with Gasteiger partial charge in [0.15, 0.2) is 0 Å². The average molecular weight is 295 g/mol. The number of ether oxygens (including phenoxy) is 1. The van der Waals surface area contributed by atoms with Crippen LogP contribution in [0.4, 0.5) is 0 Å². The molecular formula is C17H29NOS. The van der Waals surface area contributed by atoms with Gasteiger partial charge in [-0.3, -0.25) is 0 Å². The molecule has 114 valence electrons. The molecule has 1 N–H and O–H groups in total. The fourth-order valence-electron chi connectivity index (χ4n) is 2.25. The van der Waals surface area contributed by atoms with E-state index < -0.39 is 0 Å². The van der Waals surface area contributed by atoms with Gasteiger partial charge in [0.2, 0.25) is 0 Å². The zero-order valence-corrected chi connectivity index (χ0v) is 14.0. The largest absolute Gasteiger partial charge is 0.383 e. The lowest BCUT2D eigenvalue weighted by molar-refractivity contribution is 0.198. The van der Waals surface area contributed by atoms with Crippen molar-refractivity contribution in [1.82, 2.24) is 5.32 Å². The smallest absolute Gasteiger partial charge is 0.0587 e. The fourth-order valence-corrected chi connectivity index (χ4v) is 2.91. The summed E-state index contributed by atoms with van der Waals surface area (Å²) >= 11 is 2.04. The van der Waals surface area contributed by atoms with Gasteiger partial charge in [-0.1, -0.05) is 36.8 Å². The lowest BCUT2D eigenvalue weighted by Gasteiger charge is -2.18. The van der Waals surface area contributed by atoms with E-state index in [0.29, 0.717) is 5.92 Å². The number of hydrogen-bond donors (Lipinski definition) is 1. The molecule has 1 rings (SSSR count). The van der Waals surface area contributed by atoms with Gasteiger partial charge in [-0.2, -0.15) is 11.8 Å². The van der Waals surface area contributed by atoms with Crippen LogP contribution in [0.15, 0.2) is 24.3 Å². The summed E-state index contributed by atoms with van der Waals surface area (Å²) in [7, 11) is 1.75. The highest BCUT2D eigenvalue weighted by molar-refractivity contribution is 7.99. The Morgan fingerprint density at radius 2 is 2.00 bits per heavy atom. The van der Waals surface area contributed by atoms with Gasteiger partial charge in [-0.05, 0) is 42.8 Å². The van der Waals surface area contributed by atoms with Crippen molar-refractivity contribution in [2.24, 2.45) is 0 Å². The molecule has 1 aromatic rings. The molecule has 1 unspecified atom stereocenters. The van der Waals surface area contributed by atoms with Gasteiger partial charge >= 0.3 is 0 Å². The van der Waals surface area contributed by atoms with E-state index in [1.165, 1.54) is 35.5 Å². The molecule has 0 aliphatic rings. The van der Waals surface area contributed by atoms with Crippen LogP contribution in [0.3, 0.4) is 0 Å². The van der Waals surface area contributed by atoms with Gasteiger partial charge in [0.05, 0.1) is 6.61 Å². The SMILES string of the molecule is CCSCCCC(CNCCOC)c1ccc(C)cc1. The van der Waals surface area contributed by atoms with E-state index >= 15 is 0 Å². The fraction of sp³-hybridized carbons (Fsp3) is 0.647. The molecule has 0 saturated heterocycles. The maximum absolute atomic E-state index is 5.09. The first-order valence-electron chi connectivity index (χ1n) is 7.62. The van der Waals surface area contributed by atoms with Crippen molar-refractivity contribution in [3.8, 4) is 0 Å². The van der Waals surface area contributed by atoms with Crippen LogP contribution in [0, 0.1) is 6.92 Å². The number of nitrogens with one attached hydrogen (secondary N) is 1. The Bertz CT molecular complexity index is 327. The Morgan fingerprint density at radius 1 is 1.25 bits per heavy atom. The molecule has 0 aliphatic carbocycles. The first-order chi connectivity index (χ1) is 9.77. The molecule has 0 heterocycles. The highest BCUT2D eigenvalue weighted by atomic mass is 32.2. The second-order valence-corrected chi connectivity index (χ2v) is 6.54. The Morgan fingerprint density at radius 3 is 2.65 bits per heavy atom. The van der Waals surface area contributed by atoms with Crippen molar-refractivity contribution in [3.05, 3.63) is 35.4 Å². The molecule has 0 spiro atoms. The Labute approximate surface area is 128 Å². The summed E-state index contributed by atoms with van der Waals surface area (Å²) in [5, 5.41) is 3.51. The van der Waals surface area contributed by atoms with E-state index in [9.17, 15) is 0 Å². The predicted octanol–water partition coefficient (Wildman–Crippen LogP) is 3.85. The molecule has 0 saturated carbocycles. The van der Waals surface area contributed by atoms with Crippen molar-refractivity contribution in [2.45, 2.75) is 32.6 Å². The maximum atomic E-state index is 5.09. The van der Waals surface area contributed by atoms with Gasteiger partial charge in [0, 0.05) is 20.2 Å². The molecule has 1 atom stereocenters. The van der Waals surface area contributed by atoms with Crippen LogP contribution >= 0.6 is 11.8 Å². The Kier molecular flexibility index (Phi) is 9.81. The van der Waals surface area contributed by atoms with Crippen LogP contribution in [0.1, 0.15) is 36.8 Å². The van der Waals surface area contributed by atoms with E-state index in [4.69, 9.17) is 4.74 Å². The first kappa shape index (κ1) is 17.5. The van der Waals surface area contributed by atoms with E-state index in [0.717, 1.165) is 19.7 Å². The lowest BCUT2D eigenvalue weighted by Crippen LogP contribution is -2.25. The van der Waals surface area contributed by atoms with Crippen LogP contribution in [0.2, 0.25) is 0 Å². The standard InChI is InChI=1S/C17H29NOS/c1-4-20-13-5-6-17(14-18-11-12-19-3)16-9-7-15(2)8-10-16/h7-10,17-18H,4-6,11-14H2,1-3H3. The van der Waals surface area contributed by atoms with Gasteiger partial charge in [-0.25, -0.2) is 0 Å². The van der Waals surface area contributed by atoms with E-state index in [-0.39, 0.29) is 0 Å². The van der Waals surface area contributed by atoms with Gasteiger partial charge in [-0.15, -0.1) is 0 Å². The van der Waals surface area contributed by atoms with Crippen LogP contribution < -0.4 is 5.32 Å². The normalized spacial score (nSPS) is 12.6. The monoisotopic (exact) mass is 295 g/mol. The summed E-state index contributed by atoms with van der Waals surface area (Å²) in [6, 6.07) is 9.01. The minimum atomic E-state index is 0.616. The number of thioether (sulfide) groups is 1. The van der Waals surface area contributed by atoms with Crippen molar-refractivity contribution in [3.63, 3.8) is 0 Å².